The van der Waals surface area contributed by atoms with Crippen molar-refractivity contribution in [1.82, 2.24) is 25.9 Å². The molecule has 1 aromatic heterocycles. The fourth-order valence-corrected chi connectivity index (χ4v) is 2.65. The van der Waals surface area contributed by atoms with Crippen molar-refractivity contribution in [3.8, 4) is 0 Å². The zero-order valence-electron chi connectivity index (χ0n) is 17.0. The molecule has 15 heteroatoms. The molecule has 3 amide bonds. The Hall–Kier alpha value is -3.17. The number of amides is 3. The Morgan fingerprint density at radius 2 is 1.72 bits per heavy atom. The van der Waals surface area contributed by atoms with Crippen molar-refractivity contribution in [3.05, 3.63) is 18.2 Å². The number of aliphatic hydroxyl groups excluding tert-OH is 1. The number of aromatic nitrogens is 2. The maximum Gasteiger partial charge on any atom is 0.326 e. The highest BCUT2D eigenvalue weighted by Gasteiger charge is 2.33. The molecule has 32 heavy (non-hydrogen) atoms. The van der Waals surface area contributed by atoms with Crippen LogP contribution < -0.4 is 21.7 Å². The Bertz CT molecular complexity index is 818. The number of aliphatic carboxylic acids is 2. The molecule has 0 bridgehead atoms. The summed E-state index contributed by atoms with van der Waals surface area (Å²) in [6, 6.07) is -5.68. The monoisotopic (exact) mass is 474 g/mol. The van der Waals surface area contributed by atoms with Crippen LogP contribution in [0.4, 0.5) is 0 Å². The summed E-state index contributed by atoms with van der Waals surface area (Å²) in [7, 11) is 0. The number of hydrogen-bond donors (Lipinski definition) is 9. The molecule has 0 fully saturated rings. The molecule has 0 saturated heterocycles. The summed E-state index contributed by atoms with van der Waals surface area (Å²) in [6.45, 7) is 1.16. The number of rotatable bonds is 13. The van der Waals surface area contributed by atoms with Crippen LogP contribution in [0.3, 0.4) is 0 Å². The standard InChI is InChI=1S/C17H26N6O8S/c1-7(24)13(16(29)22-11(17(30)31)3-12(25)26)23-15(28)10(2-8-4-19-6-20-8)21-14(27)9(18)5-32/h4,6-7,9-11,13,24,32H,2-3,5,18H2,1H3,(H,19,20)(H,21,27)(H,22,29)(H,23,28)(H,25,26)(H,30,31). The molecule has 5 atom stereocenters. The number of carboxylic acid groups (broad SMARTS) is 2. The first-order valence-electron chi connectivity index (χ1n) is 9.33. The second-order valence-electron chi connectivity index (χ2n) is 6.86. The molecule has 14 nitrogen and oxygen atoms in total. The van der Waals surface area contributed by atoms with E-state index in [0.717, 1.165) is 6.92 Å². The van der Waals surface area contributed by atoms with Gasteiger partial charge in [0, 0.05) is 24.1 Å². The highest BCUT2D eigenvalue weighted by Crippen LogP contribution is 2.03. The van der Waals surface area contributed by atoms with E-state index in [9.17, 15) is 29.1 Å². The SMILES string of the molecule is CC(O)C(NC(=O)C(Cc1cnc[nH]1)NC(=O)C(N)CS)C(=O)NC(CC(=O)O)C(=O)O. The van der Waals surface area contributed by atoms with Crippen molar-refractivity contribution in [1.29, 1.82) is 0 Å². The molecule has 0 aromatic carbocycles. The van der Waals surface area contributed by atoms with Crippen molar-refractivity contribution in [3.63, 3.8) is 0 Å². The Morgan fingerprint density at radius 1 is 1.09 bits per heavy atom. The van der Waals surface area contributed by atoms with Gasteiger partial charge < -0.3 is 42.0 Å². The number of aliphatic hydroxyl groups is 1. The van der Waals surface area contributed by atoms with Gasteiger partial charge in [0.2, 0.25) is 17.7 Å². The molecule has 0 spiro atoms. The highest BCUT2D eigenvalue weighted by molar-refractivity contribution is 7.80. The fraction of sp³-hybridized carbons (Fsp3) is 0.529. The molecule has 0 radical (unpaired) electrons. The van der Waals surface area contributed by atoms with Gasteiger partial charge in [-0.1, -0.05) is 0 Å². The van der Waals surface area contributed by atoms with Gasteiger partial charge in [0.1, 0.15) is 18.1 Å². The minimum absolute atomic E-state index is 0.00306. The number of nitrogens with two attached hydrogens (primary N) is 1. The van der Waals surface area contributed by atoms with Gasteiger partial charge in [-0.05, 0) is 6.92 Å². The first-order valence-corrected chi connectivity index (χ1v) is 9.97. The molecule has 1 heterocycles. The van der Waals surface area contributed by atoms with E-state index in [-0.39, 0.29) is 12.2 Å². The molecule has 1 aromatic rings. The smallest absolute Gasteiger partial charge is 0.326 e. The lowest BCUT2D eigenvalue weighted by molar-refractivity contribution is -0.148. The van der Waals surface area contributed by atoms with Gasteiger partial charge in [-0.2, -0.15) is 12.6 Å². The normalized spacial score (nSPS) is 15.5. The van der Waals surface area contributed by atoms with Crippen molar-refractivity contribution in [2.45, 2.75) is 50.0 Å². The van der Waals surface area contributed by atoms with Gasteiger partial charge in [0.15, 0.2) is 0 Å². The number of H-pyrrole nitrogens is 1. The lowest BCUT2D eigenvalue weighted by Crippen LogP contribution is -2.60. The number of nitrogens with one attached hydrogen (secondary N) is 4. The third-order valence-electron chi connectivity index (χ3n) is 4.20. The molecular weight excluding hydrogens is 448 g/mol. The largest absolute Gasteiger partial charge is 0.481 e. The third kappa shape index (κ3) is 8.52. The molecule has 9 N–H and O–H groups in total. The quantitative estimate of drug-likeness (QED) is 0.128. The van der Waals surface area contributed by atoms with E-state index in [1.54, 1.807) is 0 Å². The lowest BCUT2D eigenvalue weighted by Gasteiger charge is -2.26. The van der Waals surface area contributed by atoms with Crippen LogP contribution in [0.1, 0.15) is 19.0 Å². The summed E-state index contributed by atoms with van der Waals surface area (Å²) in [6.07, 6.45) is 0.296. The van der Waals surface area contributed by atoms with Gasteiger partial charge in [-0.3, -0.25) is 19.2 Å². The molecule has 1 rings (SSSR count). The molecule has 0 saturated carbocycles. The number of carbonyl (C=O) groups is 5. The molecule has 178 valence electrons. The van der Waals surface area contributed by atoms with Crippen LogP contribution in [0.25, 0.3) is 0 Å². The third-order valence-corrected chi connectivity index (χ3v) is 4.59. The first kappa shape index (κ1) is 26.9. The Balaban J connectivity index is 3.00. The van der Waals surface area contributed by atoms with Crippen LogP contribution >= 0.6 is 12.6 Å². The average Bonchev–Trinajstić information content (AvgIpc) is 3.22. The molecule has 0 aliphatic rings. The minimum atomic E-state index is -1.79. The van der Waals surface area contributed by atoms with Crippen LogP contribution in [-0.4, -0.2) is 91.0 Å². The Kier molecular flexibility index (Phi) is 10.6. The topological polar surface area (TPSA) is 237 Å². The number of aromatic amines is 1. The summed E-state index contributed by atoms with van der Waals surface area (Å²) in [5, 5.41) is 34.4. The zero-order chi connectivity index (χ0) is 24.4. The fourth-order valence-electron chi connectivity index (χ4n) is 2.48. The van der Waals surface area contributed by atoms with Crippen LogP contribution in [-0.2, 0) is 30.4 Å². The van der Waals surface area contributed by atoms with Gasteiger partial charge in [-0.25, -0.2) is 9.78 Å². The van der Waals surface area contributed by atoms with Crippen molar-refractivity contribution in [2.24, 2.45) is 5.73 Å². The van der Waals surface area contributed by atoms with Crippen LogP contribution in [0, 0.1) is 0 Å². The number of imidazole rings is 1. The highest BCUT2D eigenvalue weighted by atomic mass is 32.1. The predicted molar refractivity (Wildman–Crippen MR) is 111 cm³/mol. The molecule has 5 unspecified atom stereocenters. The maximum atomic E-state index is 12.8. The first-order chi connectivity index (χ1) is 15.0. The van der Waals surface area contributed by atoms with Crippen molar-refractivity contribution in [2.75, 3.05) is 5.75 Å². The Morgan fingerprint density at radius 3 is 2.19 bits per heavy atom. The summed E-state index contributed by atoms with van der Waals surface area (Å²) in [5.41, 5.74) is 6.08. The lowest BCUT2D eigenvalue weighted by atomic mass is 10.1. The van der Waals surface area contributed by atoms with E-state index in [4.69, 9.17) is 15.9 Å². The molecular formula is C17H26N6O8S. The number of carbonyl (C=O) groups excluding carboxylic acids is 3. The van der Waals surface area contributed by atoms with E-state index >= 15 is 0 Å². The van der Waals surface area contributed by atoms with Crippen LogP contribution in [0.2, 0.25) is 0 Å². The number of nitrogens with zero attached hydrogens (tertiary/aromatic N) is 1. The van der Waals surface area contributed by atoms with Gasteiger partial charge in [0.25, 0.3) is 0 Å². The Labute approximate surface area is 187 Å². The van der Waals surface area contributed by atoms with Crippen molar-refractivity contribution >= 4 is 42.3 Å². The second kappa shape index (κ2) is 12.6. The van der Waals surface area contributed by atoms with Gasteiger partial charge >= 0.3 is 11.9 Å². The maximum absolute atomic E-state index is 12.8. The van der Waals surface area contributed by atoms with E-state index in [1.807, 2.05) is 5.32 Å². The number of carboxylic acids is 2. The van der Waals surface area contributed by atoms with Crippen molar-refractivity contribution < 1.29 is 39.3 Å². The van der Waals surface area contributed by atoms with Gasteiger partial charge in [-0.15, -0.1) is 0 Å². The summed E-state index contributed by atoms with van der Waals surface area (Å²) in [4.78, 5) is 66.0. The van der Waals surface area contributed by atoms with E-state index in [0.29, 0.717) is 5.69 Å². The summed E-state index contributed by atoms with van der Waals surface area (Å²) < 4.78 is 0. The summed E-state index contributed by atoms with van der Waals surface area (Å²) in [5.74, 6) is -5.78. The number of hydrogen-bond acceptors (Lipinski definition) is 9. The number of thiol groups is 1. The van der Waals surface area contributed by atoms with E-state index in [1.165, 1.54) is 12.5 Å². The van der Waals surface area contributed by atoms with Crippen LogP contribution in [0.15, 0.2) is 12.5 Å². The van der Waals surface area contributed by atoms with E-state index in [2.05, 4.69) is 33.2 Å². The van der Waals surface area contributed by atoms with Crippen LogP contribution in [0.5, 0.6) is 0 Å². The molecule has 0 aliphatic carbocycles. The van der Waals surface area contributed by atoms with E-state index < -0.39 is 66.4 Å². The minimum Gasteiger partial charge on any atom is -0.481 e. The van der Waals surface area contributed by atoms with Gasteiger partial charge in [0.05, 0.1) is 24.9 Å². The second-order valence-corrected chi connectivity index (χ2v) is 7.22. The average molecular weight is 474 g/mol. The zero-order valence-corrected chi connectivity index (χ0v) is 17.9. The predicted octanol–water partition coefficient (Wildman–Crippen LogP) is -3.40. The molecule has 0 aliphatic heterocycles. The summed E-state index contributed by atoms with van der Waals surface area (Å²) >= 11 is 3.92.